The van der Waals surface area contributed by atoms with Gasteiger partial charge in [0.1, 0.15) is 0 Å². The summed E-state index contributed by atoms with van der Waals surface area (Å²) in [5.41, 5.74) is 0. The van der Waals surface area contributed by atoms with E-state index in [0.717, 1.165) is 12.8 Å². The Labute approximate surface area is 127 Å². The molecule has 17 heavy (non-hydrogen) atoms. The van der Waals surface area contributed by atoms with Gasteiger partial charge in [0.15, 0.2) is 0 Å². The minimum atomic E-state index is 0. The van der Waals surface area contributed by atoms with E-state index in [1.165, 1.54) is 0 Å². The molecule has 2 rings (SSSR count). The quantitative estimate of drug-likeness (QED) is 0.578. The van der Waals surface area contributed by atoms with Crippen molar-refractivity contribution in [2.45, 2.75) is 19.3 Å². The molecule has 88 valence electrons. The number of carbonyl (C=O) groups excluding carboxylic acids is 1. The molecule has 2 aliphatic carbocycles. The van der Waals surface area contributed by atoms with E-state index < -0.39 is 0 Å². The van der Waals surface area contributed by atoms with Crippen molar-refractivity contribution >= 4 is 6.29 Å². The summed E-state index contributed by atoms with van der Waals surface area (Å²) in [6, 6.07) is 0. The van der Waals surface area contributed by atoms with E-state index in [-0.39, 0.29) is 26.2 Å². The van der Waals surface area contributed by atoms with Crippen LogP contribution in [-0.4, -0.2) is 6.29 Å². The second-order valence-corrected chi connectivity index (χ2v) is 3.03. The topological polar surface area (TPSA) is 17.1 Å². The van der Waals surface area contributed by atoms with Gasteiger partial charge in [0.2, 0.25) is 0 Å². The normalized spacial score (nSPS) is 17.0. The third-order valence-electron chi connectivity index (χ3n) is 1.64. The molecule has 0 aromatic heterocycles. The van der Waals surface area contributed by atoms with Gasteiger partial charge in [0.05, 0.1) is 0 Å². The molecule has 0 aromatic rings. The van der Waals surface area contributed by atoms with Crippen LogP contribution < -0.4 is 0 Å². The monoisotopic (exact) mass is 304 g/mol. The van der Waals surface area contributed by atoms with E-state index in [9.17, 15) is 4.79 Å². The molecule has 0 N–H and O–H groups in total. The van der Waals surface area contributed by atoms with Crippen LogP contribution in [0.5, 0.6) is 0 Å². The molecule has 0 amide bonds. The van der Waals surface area contributed by atoms with Gasteiger partial charge in [-0.15, -0.1) is 6.42 Å². The second kappa shape index (κ2) is 18.9. The fraction of sp³-hybridized carbons (Fsp3) is 0.200. The van der Waals surface area contributed by atoms with Crippen LogP contribution in [0.1, 0.15) is 19.3 Å². The third-order valence-corrected chi connectivity index (χ3v) is 1.64. The Morgan fingerprint density at radius 1 is 0.765 bits per heavy atom. The number of unbranched alkanes of at least 4 members (excludes halogenated alkanes) is 2. The first-order valence-corrected chi connectivity index (χ1v) is 5.39. The molecule has 1 nitrogen and oxygen atoms in total. The van der Waals surface area contributed by atoms with E-state index in [2.05, 4.69) is 6.92 Å². The average Bonchev–Trinajstić information content (AvgIpc) is 3.00. The van der Waals surface area contributed by atoms with Crippen molar-refractivity contribution in [3.05, 3.63) is 71.1 Å². The van der Waals surface area contributed by atoms with Gasteiger partial charge < -0.3 is 11.7 Å². The van der Waals surface area contributed by atoms with Crippen LogP contribution in [0.2, 0.25) is 0 Å². The Hall–Kier alpha value is 0.553. The minimum Gasteiger partial charge on any atom is -0.542 e. The number of rotatable bonds is 3. The largest absolute Gasteiger partial charge is 2.00 e. The Morgan fingerprint density at radius 2 is 1.06 bits per heavy atom. The molecule has 2 fully saturated rings. The molecule has 0 spiro atoms. The van der Waals surface area contributed by atoms with Crippen LogP contribution in [0.3, 0.4) is 0 Å². The molecule has 0 unspecified atom stereocenters. The minimum absolute atomic E-state index is 0. The van der Waals surface area contributed by atoms with Crippen LogP contribution in [-0.2, 0) is 31.0 Å². The summed E-state index contributed by atoms with van der Waals surface area (Å²) < 4.78 is 0. The Morgan fingerprint density at radius 3 is 1.18 bits per heavy atom. The molecule has 10 radical (unpaired) electrons. The zero-order valence-corrected chi connectivity index (χ0v) is 12.5. The smallest absolute Gasteiger partial charge is 0.542 e. The molecule has 2 aliphatic rings. The summed E-state index contributed by atoms with van der Waals surface area (Å²) in [5.74, 6) is 0. The van der Waals surface area contributed by atoms with Crippen molar-refractivity contribution < 1.29 is 31.0 Å². The molecule has 2 heteroatoms. The summed E-state index contributed by atoms with van der Waals surface area (Å²) in [6.45, 7) is 3.54. The molecule has 0 heterocycles. The summed E-state index contributed by atoms with van der Waals surface area (Å²) in [4.78, 5) is 9.41. The average molecular weight is 306 g/mol. The predicted octanol–water partition coefficient (Wildman–Crippen LogP) is 3.14. The van der Waals surface area contributed by atoms with Crippen molar-refractivity contribution in [3.63, 3.8) is 0 Å². The summed E-state index contributed by atoms with van der Waals surface area (Å²) in [5, 5.41) is 0. The first kappa shape index (κ1) is 19.9. The number of hydrogen-bond acceptors (Lipinski definition) is 1. The Kier molecular flexibility index (Phi) is 22.1. The molecular weight excluding hydrogens is 287 g/mol. The number of hydrogen-bond donors (Lipinski definition) is 0. The van der Waals surface area contributed by atoms with Crippen LogP contribution in [0.4, 0.5) is 0 Å². The van der Waals surface area contributed by atoms with Gasteiger partial charge in [-0.3, -0.25) is 6.29 Å². The van der Waals surface area contributed by atoms with Gasteiger partial charge in [0, 0.05) is 0 Å². The summed E-state index contributed by atoms with van der Waals surface area (Å²) >= 11 is 0. The summed E-state index contributed by atoms with van der Waals surface area (Å²) in [7, 11) is 0. The zero-order chi connectivity index (χ0) is 11.9. The molecular formula is C15H18OZr. The van der Waals surface area contributed by atoms with Crippen LogP contribution in [0, 0.1) is 71.1 Å². The van der Waals surface area contributed by atoms with Crippen molar-refractivity contribution in [1.29, 1.82) is 0 Å². The van der Waals surface area contributed by atoms with Gasteiger partial charge in [-0.1, -0.05) is 0 Å². The van der Waals surface area contributed by atoms with Gasteiger partial charge in [-0.25, -0.2) is 0 Å². The molecule has 0 saturated heterocycles. The first-order valence-electron chi connectivity index (χ1n) is 5.39. The fourth-order valence-electron chi connectivity index (χ4n) is 0.839. The van der Waals surface area contributed by atoms with E-state index in [0.29, 0.717) is 6.42 Å². The first-order chi connectivity index (χ1) is 7.91. The maximum absolute atomic E-state index is 9.41. The van der Waals surface area contributed by atoms with E-state index in [1.807, 2.05) is 64.2 Å². The van der Waals surface area contributed by atoms with E-state index in [4.69, 9.17) is 0 Å². The van der Waals surface area contributed by atoms with Gasteiger partial charge in [-0.05, 0) is 64.2 Å². The maximum Gasteiger partial charge on any atom is 2.00 e. The predicted molar refractivity (Wildman–Crippen MR) is 67.9 cm³/mol. The SMILES string of the molecule is [CH2-]CCC[C-]=O.[CH]1[CH][CH][CH][CH]1.[CH]1[CH][CH][CH][CH]1.[Zr+2]. The fourth-order valence-corrected chi connectivity index (χ4v) is 0.839. The third kappa shape index (κ3) is 19.1. The van der Waals surface area contributed by atoms with Crippen molar-refractivity contribution in [2.75, 3.05) is 0 Å². The van der Waals surface area contributed by atoms with Crippen LogP contribution in [0.15, 0.2) is 0 Å². The van der Waals surface area contributed by atoms with Crippen molar-refractivity contribution in [2.24, 2.45) is 0 Å². The van der Waals surface area contributed by atoms with Crippen molar-refractivity contribution in [3.8, 4) is 0 Å². The van der Waals surface area contributed by atoms with Crippen LogP contribution >= 0.6 is 0 Å². The van der Waals surface area contributed by atoms with E-state index >= 15 is 0 Å². The Balaban J connectivity index is 0. The maximum atomic E-state index is 9.41. The van der Waals surface area contributed by atoms with Gasteiger partial charge in [-0.2, -0.15) is 12.8 Å². The molecule has 0 atom stereocenters. The molecule has 0 bridgehead atoms. The van der Waals surface area contributed by atoms with Gasteiger partial charge >= 0.3 is 26.2 Å². The zero-order valence-electron chi connectivity index (χ0n) is 10.0. The van der Waals surface area contributed by atoms with Crippen LogP contribution in [0.25, 0.3) is 0 Å². The van der Waals surface area contributed by atoms with E-state index in [1.54, 1.807) is 6.29 Å². The Bertz CT molecular complexity index is 104. The van der Waals surface area contributed by atoms with Crippen molar-refractivity contribution in [1.82, 2.24) is 0 Å². The van der Waals surface area contributed by atoms with Gasteiger partial charge in [0.25, 0.3) is 0 Å². The molecule has 0 aromatic carbocycles. The molecule has 2 saturated carbocycles. The standard InChI is InChI=1S/C5H8O.2C5H5.Zr/c1-2-3-4-5-6;2*1-2-4-5-3-1;/h1-4H2;2*1-5H;/q-2;;;+2. The molecule has 0 aliphatic heterocycles. The second-order valence-electron chi connectivity index (χ2n) is 3.03. The summed E-state index contributed by atoms with van der Waals surface area (Å²) in [6.07, 6.45) is 24.0.